The number of nitrogens with one attached hydrogen (secondary N) is 1. The van der Waals surface area contributed by atoms with Crippen molar-refractivity contribution in [3.05, 3.63) is 0 Å². The number of carbonyl (C=O) groups is 2. The zero-order chi connectivity index (χ0) is 12.4. The van der Waals surface area contributed by atoms with Crippen LogP contribution in [0.1, 0.15) is 26.2 Å². The van der Waals surface area contributed by atoms with E-state index in [1.54, 1.807) is 0 Å². The molecular weight excluding hydrogens is 218 g/mol. The largest absolute Gasteiger partial charge is 0.369 e. The SMILES string of the molecule is CC1NCCC1C(=O)N1CCC(C(N)=O)CC1. The topological polar surface area (TPSA) is 75.4 Å². The summed E-state index contributed by atoms with van der Waals surface area (Å²) in [6, 6.07) is 0.274. The van der Waals surface area contributed by atoms with Crippen LogP contribution in [0.5, 0.6) is 0 Å². The molecule has 2 unspecified atom stereocenters. The summed E-state index contributed by atoms with van der Waals surface area (Å²) >= 11 is 0. The molecule has 17 heavy (non-hydrogen) atoms. The summed E-state index contributed by atoms with van der Waals surface area (Å²) in [6.45, 7) is 4.34. The lowest BCUT2D eigenvalue weighted by molar-refractivity contribution is -0.138. The van der Waals surface area contributed by atoms with Crippen molar-refractivity contribution in [1.29, 1.82) is 0 Å². The van der Waals surface area contributed by atoms with Crippen LogP contribution in [0.25, 0.3) is 0 Å². The van der Waals surface area contributed by atoms with Gasteiger partial charge in [-0.3, -0.25) is 9.59 Å². The molecule has 2 saturated heterocycles. The Morgan fingerprint density at radius 2 is 1.88 bits per heavy atom. The van der Waals surface area contributed by atoms with Crippen molar-refractivity contribution < 1.29 is 9.59 Å². The molecule has 2 aliphatic rings. The molecule has 2 amide bonds. The van der Waals surface area contributed by atoms with Crippen LogP contribution in [0.4, 0.5) is 0 Å². The van der Waals surface area contributed by atoms with Crippen LogP contribution in [0.2, 0.25) is 0 Å². The van der Waals surface area contributed by atoms with E-state index in [4.69, 9.17) is 5.73 Å². The van der Waals surface area contributed by atoms with Gasteiger partial charge in [-0.25, -0.2) is 0 Å². The van der Waals surface area contributed by atoms with E-state index in [1.807, 2.05) is 4.90 Å². The predicted octanol–water partition coefficient (Wildman–Crippen LogP) is -0.292. The van der Waals surface area contributed by atoms with Gasteiger partial charge in [0.1, 0.15) is 0 Å². The third-order valence-electron chi connectivity index (χ3n) is 4.05. The molecule has 0 bridgehead atoms. The first-order valence-electron chi connectivity index (χ1n) is 6.41. The molecule has 2 aliphatic heterocycles. The van der Waals surface area contributed by atoms with Gasteiger partial charge in [0, 0.05) is 25.0 Å². The Morgan fingerprint density at radius 3 is 2.35 bits per heavy atom. The number of nitrogens with zero attached hydrogens (tertiary/aromatic N) is 1. The van der Waals surface area contributed by atoms with Crippen LogP contribution in [0.3, 0.4) is 0 Å². The van der Waals surface area contributed by atoms with Crippen molar-refractivity contribution in [2.75, 3.05) is 19.6 Å². The first kappa shape index (κ1) is 12.4. The van der Waals surface area contributed by atoms with E-state index in [2.05, 4.69) is 12.2 Å². The lowest BCUT2D eigenvalue weighted by Crippen LogP contribution is -2.46. The Kier molecular flexibility index (Phi) is 3.66. The zero-order valence-corrected chi connectivity index (χ0v) is 10.3. The molecule has 0 radical (unpaired) electrons. The fourth-order valence-corrected chi connectivity index (χ4v) is 2.82. The zero-order valence-electron chi connectivity index (χ0n) is 10.3. The van der Waals surface area contributed by atoms with E-state index in [1.165, 1.54) is 0 Å². The number of nitrogens with two attached hydrogens (primary N) is 1. The van der Waals surface area contributed by atoms with E-state index in [9.17, 15) is 9.59 Å². The second-order valence-electron chi connectivity index (χ2n) is 5.14. The van der Waals surface area contributed by atoms with Gasteiger partial charge in [-0.1, -0.05) is 0 Å². The maximum atomic E-state index is 12.3. The van der Waals surface area contributed by atoms with Gasteiger partial charge in [0.25, 0.3) is 0 Å². The van der Waals surface area contributed by atoms with E-state index in [0.29, 0.717) is 13.1 Å². The van der Waals surface area contributed by atoms with Gasteiger partial charge in [-0.05, 0) is 32.7 Å². The predicted molar refractivity (Wildman–Crippen MR) is 64.1 cm³/mol. The maximum Gasteiger partial charge on any atom is 0.227 e. The normalized spacial score (nSPS) is 30.5. The Labute approximate surface area is 102 Å². The number of primary amides is 1. The number of amides is 2. The quantitative estimate of drug-likeness (QED) is 0.695. The minimum Gasteiger partial charge on any atom is -0.369 e. The number of likely N-dealkylation sites (tertiary alicyclic amines) is 1. The summed E-state index contributed by atoms with van der Waals surface area (Å²) in [7, 11) is 0. The lowest BCUT2D eigenvalue weighted by Gasteiger charge is -2.33. The molecule has 2 atom stereocenters. The molecule has 96 valence electrons. The molecule has 0 saturated carbocycles. The first-order chi connectivity index (χ1) is 8.09. The average Bonchev–Trinajstić information content (AvgIpc) is 2.74. The number of piperidine rings is 1. The standard InChI is InChI=1S/C12H21N3O2/c1-8-10(2-5-14-8)12(17)15-6-3-9(4-7-15)11(13)16/h8-10,14H,2-7H2,1H3,(H2,13,16). The van der Waals surface area contributed by atoms with E-state index in [-0.39, 0.29) is 29.7 Å². The number of hydrogen-bond donors (Lipinski definition) is 2. The van der Waals surface area contributed by atoms with E-state index in [0.717, 1.165) is 25.8 Å². The van der Waals surface area contributed by atoms with Gasteiger partial charge < -0.3 is 16.0 Å². The molecule has 0 aromatic heterocycles. The summed E-state index contributed by atoms with van der Waals surface area (Å²) in [5, 5.41) is 3.29. The summed E-state index contributed by atoms with van der Waals surface area (Å²) in [5.74, 6) is 0.0803. The first-order valence-corrected chi connectivity index (χ1v) is 6.41. The molecule has 2 heterocycles. The van der Waals surface area contributed by atoms with Crippen molar-refractivity contribution in [3.63, 3.8) is 0 Å². The third kappa shape index (κ3) is 2.60. The fraction of sp³-hybridized carbons (Fsp3) is 0.833. The monoisotopic (exact) mass is 239 g/mol. The van der Waals surface area contributed by atoms with Crippen LogP contribution in [0, 0.1) is 11.8 Å². The van der Waals surface area contributed by atoms with Crippen molar-refractivity contribution >= 4 is 11.8 Å². The average molecular weight is 239 g/mol. The van der Waals surface area contributed by atoms with Gasteiger partial charge in [0.15, 0.2) is 0 Å². The Morgan fingerprint density at radius 1 is 1.24 bits per heavy atom. The van der Waals surface area contributed by atoms with Crippen molar-refractivity contribution in [3.8, 4) is 0 Å². The smallest absolute Gasteiger partial charge is 0.227 e. The molecule has 0 aromatic carbocycles. The van der Waals surface area contributed by atoms with Crippen LogP contribution < -0.4 is 11.1 Å². The molecule has 5 heteroatoms. The highest BCUT2D eigenvalue weighted by Crippen LogP contribution is 2.22. The minimum atomic E-state index is -0.229. The van der Waals surface area contributed by atoms with E-state index >= 15 is 0 Å². The Balaban J connectivity index is 1.88. The molecular formula is C12H21N3O2. The highest BCUT2D eigenvalue weighted by Gasteiger charge is 2.34. The van der Waals surface area contributed by atoms with Gasteiger partial charge >= 0.3 is 0 Å². The van der Waals surface area contributed by atoms with Gasteiger partial charge in [0.05, 0.1) is 5.92 Å². The minimum absolute atomic E-state index is 0.0434. The van der Waals surface area contributed by atoms with Crippen molar-refractivity contribution in [1.82, 2.24) is 10.2 Å². The van der Waals surface area contributed by atoms with Gasteiger partial charge in [-0.15, -0.1) is 0 Å². The van der Waals surface area contributed by atoms with Crippen LogP contribution >= 0.6 is 0 Å². The van der Waals surface area contributed by atoms with Crippen LogP contribution in [-0.2, 0) is 9.59 Å². The number of carbonyl (C=O) groups excluding carboxylic acids is 2. The van der Waals surface area contributed by atoms with Crippen LogP contribution in [0.15, 0.2) is 0 Å². The Hall–Kier alpha value is -1.10. The highest BCUT2D eigenvalue weighted by molar-refractivity contribution is 5.81. The summed E-state index contributed by atoms with van der Waals surface area (Å²) in [4.78, 5) is 25.2. The fourth-order valence-electron chi connectivity index (χ4n) is 2.82. The van der Waals surface area contributed by atoms with Gasteiger partial charge in [0.2, 0.25) is 11.8 Å². The highest BCUT2D eigenvalue weighted by atomic mass is 16.2. The second-order valence-corrected chi connectivity index (χ2v) is 5.14. The molecule has 0 spiro atoms. The second kappa shape index (κ2) is 5.04. The Bertz CT molecular complexity index is 311. The van der Waals surface area contributed by atoms with Crippen molar-refractivity contribution in [2.45, 2.75) is 32.2 Å². The number of rotatable bonds is 2. The summed E-state index contributed by atoms with van der Waals surface area (Å²) < 4.78 is 0. The maximum absolute atomic E-state index is 12.3. The molecule has 5 nitrogen and oxygen atoms in total. The summed E-state index contributed by atoms with van der Waals surface area (Å²) in [5.41, 5.74) is 5.28. The van der Waals surface area contributed by atoms with Crippen molar-refractivity contribution in [2.24, 2.45) is 17.6 Å². The summed E-state index contributed by atoms with van der Waals surface area (Å²) in [6.07, 6.45) is 2.36. The van der Waals surface area contributed by atoms with Gasteiger partial charge in [-0.2, -0.15) is 0 Å². The molecule has 0 aromatic rings. The van der Waals surface area contributed by atoms with E-state index < -0.39 is 0 Å². The molecule has 3 N–H and O–H groups in total. The molecule has 0 aliphatic carbocycles. The lowest BCUT2D eigenvalue weighted by atomic mass is 9.93. The number of hydrogen-bond acceptors (Lipinski definition) is 3. The molecule has 2 fully saturated rings. The van der Waals surface area contributed by atoms with Crippen LogP contribution in [-0.4, -0.2) is 42.4 Å². The molecule has 2 rings (SSSR count). The third-order valence-corrected chi connectivity index (χ3v) is 4.05.